The van der Waals surface area contributed by atoms with Crippen molar-refractivity contribution in [3.63, 3.8) is 0 Å². The van der Waals surface area contributed by atoms with Crippen LogP contribution in [-0.4, -0.2) is 31.4 Å². The maximum atomic E-state index is 11.9. The van der Waals surface area contributed by atoms with Gasteiger partial charge in [-0.2, -0.15) is 5.10 Å². The minimum absolute atomic E-state index is 0.195. The van der Waals surface area contributed by atoms with Gasteiger partial charge >= 0.3 is 12.0 Å². The van der Waals surface area contributed by atoms with Crippen molar-refractivity contribution in [2.45, 2.75) is 13.8 Å². The highest BCUT2D eigenvalue weighted by Crippen LogP contribution is 2.16. The van der Waals surface area contributed by atoms with Gasteiger partial charge in [0.2, 0.25) is 0 Å². The van der Waals surface area contributed by atoms with Gasteiger partial charge in [0.15, 0.2) is 6.61 Å². The van der Waals surface area contributed by atoms with Gasteiger partial charge in [-0.3, -0.25) is 0 Å². The van der Waals surface area contributed by atoms with E-state index in [2.05, 4.69) is 15.8 Å². The normalized spacial score (nSPS) is 10.4. The monoisotopic (exact) mass is 355 g/mol. The van der Waals surface area contributed by atoms with Gasteiger partial charge in [-0.05, 0) is 37.6 Å². The summed E-state index contributed by atoms with van der Waals surface area (Å²) < 4.78 is 10.2. The Balaban J connectivity index is 1.92. The molecule has 2 amide bonds. The van der Waals surface area contributed by atoms with Gasteiger partial charge in [-0.15, -0.1) is 0 Å². The number of aryl methyl sites for hydroxylation is 1. The number of carbonyl (C=O) groups is 2. The summed E-state index contributed by atoms with van der Waals surface area (Å²) in [6.45, 7) is 3.73. The largest absolute Gasteiger partial charge is 0.481 e. The third kappa shape index (κ3) is 5.94. The number of amides is 2. The fourth-order valence-electron chi connectivity index (χ4n) is 2.08. The molecule has 2 N–H and O–H groups in total. The van der Waals surface area contributed by atoms with Crippen LogP contribution in [0.4, 0.5) is 10.5 Å². The molecule has 2 rings (SSSR count). The summed E-state index contributed by atoms with van der Waals surface area (Å²) in [5.74, 6) is 0.0143. The average Bonchev–Trinajstić information content (AvgIpc) is 2.63. The molecule has 2 aromatic rings. The number of ether oxygens (including phenoxy) is 2. The van der Waals surface area contributed by atoms with E-state index in [4.69, 9.17) is 9.47 Å². The molecule has 0 unspecified atom stereocenters. The van der Waals surface area contributed by atoms with E-state index in [1.165, 1.54) is 6.21 Å². The topological polar surface area (TPSA) is 89.0 Å². The first-order chi connectivity index (χ1) is 12.6. The van der Waals surface area contributed by atoms with Gasteiger partial charge < -0.3 is 14.8 Å². The number of rotatable bonds is 7. The SMILES string of the molecule is CCOC(=O)COc1ccccc1C=NNC(=O)Nc1ccccc1C. The Morgan fingerprint density at radius 3 is 2.62 bits per heavy atom. The molecule has 136 valence electrons. The molecule has 2 aromatic carbocycles. The van der Waals surface area contributed by atoms with Crippen LogP contribution < -0.4 is 15.5 Å². The number of nitrogens with one attached hydrogen (secondary N) is 2. The van der Waals surface area contributed by atoms with Crippen molar-refractivity contribution in [3.8, 4) is 5.75 Å². The van der Waals surface area contributed by atoms with Crippen molar-refractivity contribution in [3.05, 3.63) is 59.7 Å². The van der Waals surface area contributed by atoms with Crippen molar-refractivity contribution < 1.29 is 19.1 Å². The van der Waals surface area contributed by atoms with Crippen LogP contribution >= 0.6 is 0 Å². The van der Waals surface area contributed by atoms with Crippen LogP contribution in [0, 0.1) is 6.92 Å². The third-order valence-corrected chi connectivity index (χ3v) is 3.33. The number of hydrogen-bond donors (Lipinski definition) is 2. The molecule has 0 aromatic heterocycles. The number of anilines is 1. The first kappa shape index (κ1) is 19.0. The fourth-order valence-corrected chi connectivity index (χ4v) is 2.08. The molecule has 0 aliphatic rings. The van der Waals surface area contributed by atoms with E-state index < -0.39 is 12.0 Å². The zero-order valence-corrected chi connectivity index (χ0v) is 14.7. The maximum absolute atomic E-state index is 11.9. The molecule has 0 aliphatic heterocycles. The summed E-state index contributed by atoms with van der Waals surface area (Å²) in [6.07, 6.45) is 1.44. The number of para-hydroxylation sites is 2. The molecule has 0 radical (unpaired) electrons. The van der Waals surface area contributed by atoms with E-state index in [0.29, 0.717) is 23.6 Å². The summed E-state index contributed by atoms with van der Waals surface area (Å²) >= 11 is 0. The fraction of sp³-hybridized carbons (Fsp3) is 0.211. The molecule has 0 bridgehead atoms. The molecular formula is C19H21N3O4. The predicted octanol–water partition coefficient (Wildman–Crippen LogP) is 3.09. The van der Waals surface area contributed by atoms with E-state index in [1.807, 2.05) is 25.1 Å². The minimum Gasteiger partial charge on any atom is -0.481 e. The molecule has 26 heavy (non-hydrogen) atoms. The zero-order valence-electron chi connectivity index (χ0n) is 14.7. The minimum atomic E-state index is -0.458. The van der Waals surface area contributed by atoms with Crippen LogP contribution in [0.15, 0.2) is 53.6 Å². The summed E-state index contributed by atoms with van der Waals surface area (Å²) in [7, 11) is 0. The lowest BCUT2D eigenvalue weighted by Crippen LogP contribution is -2.24. The summed E-state index contributed by atoms with van der Waals surface area (Å²) in [6, 6.07) is 14.0. The Morgan fingerprint density at radius 2 is 1.85 bits per heavy atom. The standard InChI is InChI=1S/C19H21N3O4/c1-3-25-18(23)13-26-17-11-7-5-9-15(17)12-20-22-19(24)21-16-10-6-4-8-14(16)2/h4-12H,3,13H2,1-2H3,(H2,21,22,24). The van der Waals surface area contributed by atoms with Crippen LogP contribution in [0.5, 0.6) is 5.75 Å². The smallest absolute Gasteiger partial charge is 0.344 e. The van der Waals surface area contributed by atoms with Crippen molar-refractivity contribution in [2.75, 3.05) is 18.5 Å². The number of carbonyl (C=O) groups excluding carboxylic acids is 2. The Bertz CT molecular complexity index is 790. The van der Waals surface area contributed by atoms with Crippen molar-refractivity contribution in [1.29, 1.82) is 0 Å². The van der Waals surface area contributed by atoms with Crippen LogP contribution in [0.25, 0.3) is 0 Å². The molecule has 0 fully saturated rings. The number of nitrogens with zero attached hydrogens (tertiary/aromatic N) is 1. The van der Waals surface area contributed by atoms with Crippen molar-refractivity contribution in [1.82, 2.24) is 5.43 Å². The molecule has 0 atom stereocenters. The Kier molecular flexibility index (Phi) is 7.17. The van der Waals surface area contributed by atoms with Crippen LogP contribution in [-0.2, 0) is 9.53 Å². The molecule has 0 heterocycles. The highest BCUT2D eigenvalue weighted by Gasteiger charge is 2.06. The Morgan fingerprint density at radius 1 is 1.12 bits per heavy atom. The summed E-state index contributed by atoms with van der Waals surface area (Å²) in [4.78, 5) is 23.3. The third-order valence-electron chi connectivity index (χ3n) is 3.33. The number of hydrogen-bond acceptors (Lipinski definition) is 5. The molecule has 0 saturated carbocycles. The first-order valence-corrected chi connectivity index (χ1v) is 8.13. The van der Waals surface area contributed by atoms with Gasteiger partial charge in [0, 0.05) is 11.3 Å². The average molecular weight is 355 g/mol. The highest BCUT2D eigenvalue weighted by atomic mass is 16.6. The molecule has 7 heteroatoms. The lowest BCUT2D eigenvalue weighted by atomic mass is 10.2. The number of esters is 1. The molecular weight excluding hydrogens is 334 g/mol. The molecule has 0 spiro atoms. The summed E-state index contributed by atoms with van der Waals surface area (Å²) in [5.41, 5.74) is 4.67. The highest BCUT2D eigenvalue weighted by molar-refractivity contribution is 5.91. The van der Waals surface area contributed by atoms with Crippen LogP contribution in [0.2, 0.25) is 0 Å². The number of benzene rings is 2. The van der Waals surface area contributed by atoms with Gasteiger partial charge in [0.25, 0.3) is 0 Å². The Hall–Kier alpha value is -3.35. The summed E-state index contributed by atoms with van der Waals surface area (Å²) in [5, 5.41) is 6.62. The van der Waals surface area contributed by atoms with E-state index in [-0.39, 0.29) is 6.61 Å². The van der Waals surface area contributed by atoms with E-state index in [9.17, 15) is 9.59 Å². The van der Waals surface area contributed by atoms with Crippen molar-refractivity contribution >= 4 is 23.9 Å². The Labute approximate surface area is 152 Å². The first-order valence-electron chi connectivity index (χ1n) is 8.13. The molecule has 0 saturated heterocycles. The second-order valence-electron chi connectivity index (χ2n) is 5.27. The van der Waals surface area contributed by atoms with Gasteiger partial charge in [0.05, 0.1) is 12.8 Å². The van der Waals surface area contributed by atoms with Crippen molar-refractivity contribution in [2.24, 2.45) is 5.10 Å². The second-order valence-corrected chi connectivity index (χ2v) is 5.27. The van der Waals surface area contributed by atoms with E-state index >= 15 is 0 Å². The van der Waals surface area contributed by atoms with Gasteiger partial charge in [-0.1, -0.05) is 30.3 Å². The quantitative estimate of drug-likeness (QED) is 0.454. The second kappa shape index (κ2) is 9.83. The lowest BCUT2D eigenvalue weighted by molar-refractivity contribution is -0.145. The predicted molar refractivity (Wildman–Crippen MR) is 99.5 cm³/mol. The zero-order chi connectivity index (χ0) is 18.8. The number of urea groups is 1. The van der Waals surface area contributed by atoms with Crippen LogP contribution in [0.1, 0.15) is 18.1 Å². The maximum Gasteiger partial charge on any atom is 0.344 e. The lowest BCUT2D eigenvalue weighted by Gasteiger charge is -2.09. The molecule has 7 nitrogen and oxygen atoms in total. The number of hydrazone groups is 1. The van der Waals surface area contributed by atoms with E-state index in [0.717, 1.165) is 5.56 Å². The van der Waals surface area contributed by atoms with E-state index in [1.54, 1.807) is 37.3 Å². The molecule has 0 aliphatic carbocycles. The van der Waals surface area contributed by atoms with Gasteiger partial charge in [0.1, 0.15) is 5.75 Å². The van der Waals surface area contributed by atoms with Gasteiger partial charge in [-0.25, -0.2) is 15.0 Å². The van der Waals surface area contributed by atoms with Crippen LogP contribution in [0.3, 0.4) is 0 Å².